The molecule has 0 saturated carbocycles. The maximum atomic E-state index is 14.2. The van der Waals surface area contributed by atoms with Crippen LogP contribution in [0.2, 0.25) is 0 Å². The molecular weight excluding hydrogens is 615 g/mol. The first kappa shape index (κ1) is 28.1. The Kier molecular flexibility index (Phi) is 8.57. The predicted octanol–water partition coefficient (Wildman–Crippen LogP) is 9.19. The second-order valence-corrected chi connectivity index (χ2v) is 13.6. The molecular formula is C40H33OSn. The van der Waals surface area contributed by atoms with E-state index in [1.165, 1.54) is 22.3 Å². The Hall–Kier alpha value is -4.08. The molecule has 0 aliphatic carbocycles. The summed E-state index contributed by atoms with van der Waals surface area (Å²) in [7, 11) is 0. The fraction of sp³-hybridized carbons (Fsp3) is 0.100. The van der Waals surface area contributed by atoms with Gasteiger partial charge in [0.05, 0.1) is 0 Å². The molecule has 6 rings (SSSR count). The van der Waals surface area contributed by atoms with Crippen molar-refractivity contribution < 1.29 is 3.08 Å². The minimum atomic E-state index is -2.29. The molecule has 0 aliphatic heterocycles. The van der Waals surface area contributed by atoms with Gasteiger partial charge in [-0.3, -0.25) is 0 Å². The average Bonchev–Trinajstić information content (AvgIpc) is 3.09. The van der Waals surface area contributed by atoms with Crippen LogP contribution in [0.25, 0.3) is 0 Å². The third kappa shape index (κ3) is 5.18. The first-order valence-corrected chi connectivity index (χ1v) is 17.1. The van der Waals surface area contributed by atoms with Crippen molar-refractivity contribution in [1.29, 1.82) is 0 Å². The van der Waals surface area contributed by atoms with Gasteiger partial charge in [-0.05, 0) is 0 Å². The summed E-state index contributed by atoms with van der Waals surface area (Å²) < 4.78 is 13.6. The molecule has 1 unspecified atom stereocenters. The summed E-state index contributed by atoms with van der Waals surface area (Å²) in [6.45, 7) is 0. The Morgan fingerprint density at radius 3 is 1.00 bits per heavy atom. The van der Waals surface area contributed by atoms with E-state index >= 15 is 0 Å². The van der Waals surface area contributed by atoms with Crippen molar-refractivity contribution in [3.63, 3.8) is 0 Å². The fourth-order valence-electron chi connectivity index (χ4n) is 6.69. The van der Waals surface area contributed by atoms with Crippen LogP contribution in [0.15, 0.2) is 182 Å². The molecule has 2 heteroatoms. The topological polar surface area (TPSA) is 17.1 Å². The van der Waals surface area contributed by atoms with Crippen LogP contribution < -0.4 is 0 Å². The van der Waals surface area contributed by atoms with E-state index in [1.807, 2.05) is 0 Å². The van der Waals surface area contributed by atoms with Gasteiger partial charge in [0.2, 0.25) is 0 Å². The molecule has 0 heterocycles. The van der Waals surface area contributed by atoms with Gasteiger partial charge in [0.25, 0.3) is 0 Å². The molecule has 1 atom stereocenters. The van der Waals surface area contributed by atoms with Gasteiger partial charge < -0.3 is 0 Å². The molecule has 203 valence electrons. The fourth-order valence-corrected chi connectivity index (χ4v) is 9.49. The predicted molar refractivity (Wildman–Crippen MR) is 173 cm³/mol. The van der Waals surface area contributed by atoms with E-state index in [-0.39, 0.29) is 5.92 Å². The summed E-state index contributed by atoms with van der Waals surface area (Å²) in [5, 5.41) is 0. The van der Waals surface area contributed by atoms with Gasteiger partial charge >= 0.3 is 261 Å². The second kappa shape index (κ2) is 12.8. The summed E-state index contributed by atoms with van der Waals surface area (Å²) >= 11 is -2.29. The number of benzene rings is 6. The normalized spacial score (nSPS) is 12.4. The zero-order valence-electron chi connectivity index (χ0n) is 23.5. The van der Waals surface area contributed by atoms with Gasteiger partial charge in [0.15, 0.2) is 0 Å². The Morgan fingerprint density at radius 1 is 0.405 bits per heavy atom. The monoisotopic (exact) mass is 649 g/mol. The van der Waals surface area contributed by atoms with Crippen molar-refractivity contribution in [3.05, 3.63) is 215 Å². The molecule has 0 spiro atoms. The first-order chi connectivity index (χ1) is 20.8. The van der Waals surface area contributed by atoms with Crippen LogP contribution in [-0.2, 0) is 11.9 Å². The standard InChI is InChI=1S/C40H33.O.Sn/c1-7-19-32(20-8-1)38(39(33-21-9-2-10-22-33)34-23-11-3-12-24-34)31-40(35-25-13-4-14-26-35,36-27-15-5-16-28-36)37-29-17-6-18-30-37;;/h1-30,38H,31H2;;. The van der Waals surface area contributed by atoms with Gasteiger partial charge in [-0.1, -0.05) is 0 Å². The Labute approximate surface area is 259 Å². The molecule has 42 heavy (non-hydrogen) atoms. The van der Waals surface area contributed by atoms with Crippen molar-refractivity contribution in [2.75, 3.05) is 0 Å². The SMILES string of the molecule is [O]=[Sn][C](c1ccccc1)(c1ccccc1)C(CC(c1ccccc1)(c1ccccc1)c1ccccc1)c1ccccc1. The zero-order chi connectivity index (χ0) is 28.7. The molecule has 6 aromatic carbocycles. The Morgan fingerprint density at radius 2 is 0.690 bits per heavy atom. The zero-order valence-corrected chi connectivity index (χ0v) is 26.4. The Balaban J connectivity index is 1.71. The van der Waals surface area contributed by atoms with Crippen molar-refractivity contribution >= 4 is 21.1 Å². The summed E-state index contributed by atoms with van der Waals surface area (Å²) in [4.78, 5) is 0. The molecule has 1 radical (unpaired) electrons. The van der Waals surface area contributed by atoms with Crippen LogP contribution in [-0.4, -0.2) is 21.1 Å². The molecule has 0 N–H and O–H groups in total. The van der Waals surface area contributed by atoms with Gasteiger partial charge in [0.1, 0.15) is 0 Å². The molecule has 0 aromatic heterocycles. The summed E-state index contributed by atoms with van der Waals surface area (Å²) in [6.07, 6.45) is 0.738. The van der Waals surface area contributed by atoms with Crippen molar-refractivity contribution in [3.8, 4) is 0 Å². The number of rotatable bonds is 10. The van der Waals surface area contributed by atoms with Crippen molar-refractivity contribution in [1.82, 2.24) is 0 Å². The molecule has 6 aromatic rings. The van der Waals surface area contributed by atoms with E-state index < -0.39 is 30.0 Å². The minimum absolute atomic E-state index is 0.0757. The number of hydrogen-bond donors (Lipinski definition) is 0. The number of hydrogen-bond acceptors (Lipinski definition) is 1. The van der Waals surface area contributed by atoms with Crippen LogP contribution in [0.5, 0.6) is 0 Å². The van der Waals surface area contributed by atoms with Crippen LogP contribution in [0.1, 0.15) is 45.7 Å². The van der Waals surface area contributed by atoms with Gasteiger partial charge in [0, 0.05) is 0 Å². The van der Waals surface area contributed by atoms with E-state index in [0.717, 1.165) is 17.5 Å². The summed E-state index contributed by atoms with van der Waals surface area (Å²) in [6, 6.07) is 64.5. The molecule has 0 saturated heterocycles. The van der Waals surface area contributed by atoms with E-state index in [9.17, 15) is 3.08 Å². The maximum absolute atomic E-state index is 14.2. The van der Waals surface area contributed by atoms with Gasteiger partial charge in [-0.25, -0.2) is 0 Å². The van der Waals surface area contributed by atoms with Crippen LogP contribution in [0.3, 0.4) is 0 Å². The van der Waals surface area contributed by atoms with E-state index in [0.29, 0.717) is 0 Å². The summed E-state index contributed by atoms with van der Waals surface area (Å²) in [5.74, 6) is -0.0757. The van der Waals surface area contributed by atoms with Crippen LogP contribution in [0.4, 0.5) is 0 Å². The quantitative estimate of drug-likeness (QED) is 0.107. The summed E-state index contributed by atoms with van der Waals surface area (Å²) in [5.41, 5.74) is 6.64. The Bertz CT molecular complexity index is 1550. The average molecular weight is 648 g/mol. The third-order valence-corrected chi connectivity index (χ3v) is 12.2. The van der Waals surface area contributed by atoms with Crippen molar-refractivity contribution in [2.24, 2.45) is 0 Å². The van der Waals surface area contributed by atoms with Crippen LogP contribution in [0, 0.1) is 0 Å². The van der Waals surface area contributed by atoms with Gasteiger partial charge in [-0.15, -0.1) is 0 Å². The third-order valence-electron chi connectivity index (χ3n) is 8.65. The molecule has 0 amide bonds. The van der Waals surface area contributed by atoms with E-state index in [1.54, 1.807) is 0 Å². The molecule has 0 bridgehead atoms. The van der Waals surface area contributed by atoms with E-state index in [4.69, 9.17) is 0 Å². The van der Waals surface area contributed by atoms with Gasteiger partial charge in [-0.2, -0.15) is 0 Å². The second-order valence-electron chi connectivity index (χ2n) is 10.8. The first-order valence-electron chi connectivity index (χ1n) is 14.5. The van der Waals surface area contributed by atoms with Crippen molar-refractivity contribution in [2.45, 2.75) is 21.2 Å². The molecule has 1 nitrogen and oxygen atoms in total. The molecule has 0 aliphatic rings. The van der Waals surface area contributed by atoms with E-state index in [2.05, 4.69) is 182 Å². The van der Waals surface area contributed by atoms with Crippen LogP contribution >= 0.6 is 0 Å². The molecule has 0 fully saturated rings.